The first kappa shape index (κ1) is 25.4. The van der Waals surface area contributed by atoms with E-state index in [4.69, 9.17) is 10.2 Å². The predicted molar refractivity (Wildman–Crippen MR) is 103 cm³/mol. The number of hydrogen-bond acceptors (Lipinski definition) is 4. The molecule has 2 amide bonds. The van der Waals surface area contributed by atoms with Crippen LogP contribution in [-0.2, 0) is 25.6 Å². The zero-order chi connectivity index (χ0) is 21.4. The molecule has 1 aromatic rings. The smallest absolute Gasteiger partial charge is 0.326 e. The molecule has 166 valence electrons. The van der Waals surface area contributed by atoms with E-state index in [0.29, 0.717) is 32.4 Å². The van der Waals surface area contributed by atoms with E-state index in [1.165, 1.54) is 0 Å². The van der Waals surface area contributed by atoms with Gasteiger partial charge in [-0.05, 0) is 24.8 Å². The maximum absolute atomic E-state index is 12.6. The number of carboxylic acid groups (broad SMARTS) is 2. The second-order valence-electron chi connectivity index (χ2n) is 7.32. The summed E-state index contributed by atoms with van der Waals surface area (Å²) in [7, 11) is 0. The first-order chi connectivity index (χ1) is 13.8. The molecule has 2 rings (SSSR count). The Bertz CT molecular complexity index is 737. The SMILES string of the molecule is [Cl-].[NH3+][C@@H](Cc1ccccc1)C(=O)N1CCC(C(=O)N[C@@H](CCC(=O)O)C(=O)O)CC1. The van der Waals surface area contributed by atoms with E-state index >= 15 is 0 Å². The highest BCUT2D eigenvalue weighted by Crippen LogP contribution is 2.19. The van der Waals surface area contributed by atoms with Crippen molar-refractivity contribution in [3.63, 3.8) is 0 Å². The Balaban J connectivity index is 0.00000450. The van der Waals surface area contributed by atoms with Gasteiger partial charge in [-0.25, -0.2) is 4.79 Å². The van der Waals surface area contributed by atoms with E-state index in [1.807, 2.05) is 30.3 Å². The number of nitrogens with one attached hydrogen (secondary N) is 1. The van der Waals surface area contributed by atoms with Gasteiger partial charge in [-0.1, -0.05) is 30.3 Å². The van der Waals surface area contributed by atoms with Crippen LogP contribution < -0.4 is 23.5 Å². The Hall–Kier alpha value is -2.65. The molecule has 1 aliphatic rings. The Labute approximate surface area is 181 Å². The van der Waals surface area contributed by atoms with Crippen LogP contribution in [0.25, 0.3) is 0 Å². The summed E-state index contributed by atoms with van der Waals surface area (Å²) in [5, 5.41) is 20.3. The Morgan fingerprint density at radius 1 is 1.10 bits per heavy atom. The molecule has 1 aromatic carbocycles. The number of benzene rings is 1. The number of piperidine rings is 1. The van der Waals surface area contributed by atoms with E-state index in [1.54, 1.807) is 4.90 Å². The number of quaternary nitrogens is 1. The monoisotopic (exact) mass is 441 g/mol. The summed E-state index contributed by atoms with van der Waals surface area (Å²) < 4.78 is 0. The van der Waals surface area contributed by atoms with Crippen molar-refractivity contribution in [2.24, 2.45) is 5.92 Å². The fourth-order valence-corrected chi connectivity index (χ4v) is 3.42. The molecule has 0 bridgehead atoms. The van der Waals surface area contributed by atoms with Crippen molar-refractivity contribution in [2.45, 2.75) is 44.2 Å². The second kappa shape index (κ2) is 12.1. The van der Waals surface area contributed by atoms with Crippen molar-refractivity contribution in [1.29, 1.82) is 0 Å². The van der Waals surface area contributed by atoms with Crippen molar-refractivity contribution in [3.8, 4) is 0 Å². The summed E-state index contributed by atoms with van der Waals surface area (Å²) in [5.41, 5.74) is 5.01. The lowest BCUT2D eigenvalue weighted by Crippen LogP contribution is -3.00. The molecule has 30 heavy (non-hydrogen) atoms. The van der Waals surface area contributed by atoms with Gasteiger partial charge in [0.1, 0.15) is 6.04 Å². The minimum atomic E-state index is -1.26. The lowest BCUT2D eigenvalue weighted by molar-refractivity contribution is -0.405. The molecular formula is C20H28ClN3O6. The molecule has 1 fully saturated rings. The summed E-state index contributed by atoms with van der Waals surface area (Å²) in [6.07, 6.45) is 0.901. The van der Waals surface area contributed by atoms with Gasteiger partial charge in [-0.2, -0.15) is 0 Å². The molecule has 10 heteroatoms. The summed E-state index contributed by atoms with van der Waals surface area (Å²) in [6, 6.07) is 8.00. The van der Waals surface area contributed by atoms with Gasteiger partial charge < -0.3 is 38.6 Å². The van der Waals surface area contributed by atoms with Gasteiger partial charge in [0.2, 0.25) is 5.91 Å². The van der Waals surface area contributed by atoms with Crippen LogP contribution in [0.4, 0.5) is 0 Å². The molecule has 1 saturated heterocycles. The molecule has 0 spiro atoms. The van der Waals surface area contributed by atoms with Crippen molar-refractivity contribution >= 4 is 23.8 Å². The minimum absolute atomic E-state index is 0. The highest BCUT2D eigenvalue weighted by molar-refractivity contribution is 5.86. The average molecular weight is 442 g/mol. The van der Waals surface area contributed by atoms with Crippen molar-refractivity contribution < 1.29 is 47.5 Å². The van der Waals surface area contributed by atoms with E-state index in [0.717, 1.165) is 5.56 Å². The standard InChI is InChI=1S/C20H27N3O6.ClH/c21-15(12-13-4-2-1-3-5-13)19(27)23-10-8-14(9-11-23)18(26)22-16(20(28)29)6-7-17(24)25;/h1-5,14-16H,6-12,21H2,(H,22,26)(H,24,25)(H,28,29);1H/t15-,16-;/m0./s1. The number of rotatable bonds is 9. The number of amides is 2. The third-order valence-corrected chi connectivity index (χ3v) is 5.11. The third kappa shape index (κ3) is 7.64. The van der Waals surface area contributed by atoms with Crippen molar-refractivity contribution in [3.05, 3.63) is 35.9 Å². The Morgan fingerprint density at radius 3 is 2.23 bits per heavy atom. The number of carbonyl (C=O) groups is 4. The molecule has 1 aliphatic heterocycles. The number of nitrogens with zero attached hydrogens (tertiary/aromatic N) is 1. The normalized spacial score (nSPS) is 16.1. The quantitative estimate of drug-likeness (QED) is 0.312. The lowest BCUT2D eigenvalue weighted by Gasteiger charge is -2.32. The molecule has 2 atom stereocenters. The van der Waals surface area contributed by atoms with Gasteiger partial charge in [0, 0.05) is 31.8 Å². The van der Waals surface area contributed by atoms with Gasteiger partial charge in [-0.3, -0.25) is 14.4 Å². The number of aliphatic carboxylic acids is 2. The fourth-order valence-electron chi connectivity index (χ4n) is 3.42. The van der Waals surface area contributed by atoms with Crippen LogP contribution in [0.1, 0.15) is 31.2 Å². The number of hydrogen-bond donors (Lipinski definition) is 4. The van der Waals surface area contributed by atoms with E-state index in [2.05, 4.69) is 11.1 Å². The number of likely N-dealkylation sites (tertiary alicyclic amines) is 1. The zero-order valence-corrected chi connectivity index (χ0v) is 17.4. The van der Waals surface area contributed by atoms with Gasteiger partial charge in [0.05, 0.1) is 0 Å². The number of carbonyl (C=O) groups excluding carboxylic acids is 2. The van der Waals surface area contributed by atoms with E-state index < -0.39 is 35.8 Å². The molecule has 6 N–H and O–H groups in total. The number of carboxylic acids is 2. The van der Waals surface area contributed by atoms with Crippen LogP contribution in [0.15, 0.2) is 30.3 Å². The van der Waals surface area contributed by atoms with Crippen LogP contribution in [0.3, 0.4) is 0 Å². The molecule has 0 saturated carbocycles. The van der Waals surface area contributed by atoms with Crippen LogP contribution in [0, 0.1) is 5.92 Å². The van der Waals surface area contributed by atoms with Gasteiger partial charge >= 0.3 is 11.9 Å². The topological polar surface area (TPSA) is 152 Å². The largest absolute Gasteiger partial charge is 1.00 e. The fraction of sp³-hybridized carbons (Fsp3) is 0.500. The summed E-state index contributed by atoms with van der Waals surface area (Å²) >= 11 is 0. The first-order valence-electron chi connectivity index (χ1n) is 9.68. The second-order valence-corrected chi connectivity index (χ2v) is 7.32. The summed E-state index contributed by atoms with van der Waals surface area (Å²) in [5.74, 6) is -3.24. The summed E-state index contributed by atoms with van der Waals surface area (Å²) in [4.78, 5) is 48.6. The van der Waals surface area contributed by atoms with Gasteiger partial charge in [0.25, 0.3) is 5.91 Å². The van der Waals surface area contributed by atoms with Gasteiger partial charge in [0.15, 0.2) is 6.04 Å². The average Bonchev–Trinajstić information content (AvgIpc) is 2.70. The third-order valence-electron chi connectivity index (χ3n) is 5.11. The molecule has 1 heterocycles. The number of halogens is 1. The maximum atomic E-state index is 12.6. The van der Waals surface area contributed by atoms with Crippen LogP contribution in [0.2, 0.25) is 0 Å². The highest BCUT2D eigenvalue weighted by atomic mass is 35.5. The van der Waals surface area contributed by atoms with Crippen LogP contribution >= 0.6 is 0 Å². The molecular weight excluding hydrogens is 414 g/mol. The minimum Gasteiger partial charge on any atom is -1.00 e. The molecule has 0 radical (unpaired) electrons. The Morgan fingerprint density at radius 2 is 1.70 bits per heavy atom. The van der Waals surface area contributed by atoms with Crippen molar-refractivity contribution in [1.82, 2.24) is 10.2 Å². The van der Waals surface area contributed by atoms with Gasteiger partial charge in [-0.15, -0.1) is 0 Å². The van der Waals surface area contributed by atoms with E-state index in [-0.39, 0.29) is 31.2 Å². The lowest BCUT2D eigenvalue weighted by atomic mass is 9.94. The highest BCUT2D eigenvalue weighted by Gasteiger charge is 2.32. The molecule has 0 unspecified atom stereocenters. The summed E-state index contributed by atoms with van der Waals surface area (Å²) in [6.45, 7) is 0.815. The maximum Gasteiger partial charge on any atom is 0.326 e. The van der Waals surface area contributed by atoms with Crippen LogP contribution in [-0.4, -0.2) is 64.0 Å². The first-order valence-corrected chi connectivity index (χ1v) is 9.68. The molecule has 9 nitrogen and oxygen atoms in total. The van der Waals surface area contributed by atoms with E-state index in [9.17, 15) is 19.2 Å². The van der Waals surface area contributed by atoms with Crippen molar-refractivity contribution in [2.75, 3.05) is 13.1 Å². The van der Waals surface area contributed by atoms with Crippen LogP contribution in [0.5, 0.6) is 0 Å². The molecule has 0 aromatic heterocycles. The molecule has 0 aliphatic carbocycles. The predicted octanol–water partition coefficient (Wildman–Crippen LogP) is -3.48. The Kier molecular flexibility index (Phi) is 10.3. The zero-order valence-electron chi connectivity index (χ0n) is 16.6.